The van der Waals surface area contributed by atoms with Crippen molar-refractivity contribution >= 4 is 23.4 Å². The second-order valence-corrected chi connectivity index (χ2v) is 4.81. The van der Waals surface area contributed by atoms with E-state index in [1.54, 1.807) is 12.1 Å². The van der Waals surface area contributed by atoms with Crippen LogP contribution in [0.15, 0.2) is 23.4 Å². The Kier molecular flexibility index (Phi) is 4.51. The SMILES string of the molecule is OCCn1nnnc1SCc1ccc(Cl)cc1F. The van der Waals surface area contributed by atoms with Crippen molar-refractivity contribution in [1.82, 2.24) is 20.2 Å². The number of hydrogen-bond donors (Lipinski definition) is 1. The van der Waals surface area contributed by atoms with Crippen LogP contribution in [0.2, 0.25) is 5.02 Å². The molecule has 5 nitrogen and oxygen atoms in total. The number of aromatic nitrogens is 4. The molecular weight excluding hydrogens is 279 g/mol. The molecule has 0 aliphatic carbocycles. The van der Waals surface area contributed by atoms with Gasteiger partial charge in [-0.1, -0.05) is 29.4 Å². The van der Waals surface area contributed by atoms with E-state index < -0.39 is 0 Å². The molecule has 8 heteroatoms. The van der Waals surface area contributed by atoms with Crippen molar-refractivity contribution in [3.63, 3.8) is 0 Å². The fourth-order valence-electron chi connectivity index (χ4n) is 1.32. The first-order valence-electron chi connectivity index (χ1n) is 5.14. The predicted molar refractivity (Wildman–Crippen MR) is 65.9 cm³/mol. The van der Waals surface area contributed by atoms with E-state index in [9.17, 15) is 4.39 Å². The normalized spacial score (nSPS) is 10.8. The van der Waals surface area contributed by atoms with Gasteiger partial charge in [-0.3, -0.25) is 0 Å². The molecule has 1 heterocycles. The Labute approximate surface area is 112 Å². The van der Waals surface area contributed by atoms with Crippen molar-refractivity contribution in [2.75, 3.05) is 6.61 Å². The van der Waals surface area contributed by atoms with E-state index in [4.69, 9.17) is 16.7 Å². The summed E-state index contributed by atoms with van der Waals surface area (Å²) < 4.78 is 15.0. The molecule has 0 atom stereocenters. The maximum absolute atomic E-state index is 13.5. The summed E-state index contributed by atoms with van der Waals surface area (Å²) in [6.07, 6.45) is 0. The predicted octanol–water partition coefficient (Wildman–Crippen LogP) is 1.75. The Hall–Kier alpha value is -1.18. The van der Waals surface area contributed by atoms with Gasteiger partial charge in [0.15, 0.2) is 0 Å². The molecule has 0 saturated carbocycles. The van der Waals surface area contributed by atoms with Gasteiger partial charge >= 0.3 is 0 Å². The van der Waals surface area contributed by atoms with Gasteiger partial charge in [0.1, 0.15) is 5.82 Å². The Morgan fingerprint density at radius 3 is 3.00 bits per heavy atom. The van der Waals surface area contributed by atoms with Crippen LogP contribution in [0.1, 0.15) is 5.56 Å². The molecule has 0 aliphatic rings. The third-order valence-corrected chi connectivity index (χ3v) is 3.42. The zero-order chi connectivity index (χ0) is 13.0. The number of aliphatic hydroxyl groups is 1. The molecule has 0 saturated heterocycles. The number of tetrazole rings is 1. The van der Waals surface area contributed by atoms with Crippen LogP contribution in [0.25, 0.3) is 0 Å². The summed E-state index contributed by atoms with van der Waals surface area (Å²) in [5, 5.41) is 20.8. The van der Waals surface area contributed by atoms with Gasteiger partial charge in [-0.25, -0.2) is 9.07 Å². The zero-order valence-corrected chi connectivity index (χ0v) is 10.8. The second kappa shape index (κ2) is 6.12. The lowest BCUT2D eigenvalue weighted by Crippen LogP contribution is -2.05. The number of benzene rings is 1. The van der Waals surface area contributed by atoms with Crippen molar-refractivity contribution in [2.24, 2.45) is 0 Å². The highest BCUT2D eigenvalue weighted by molar-refractivity contribution is 7.98. The first kappa shape index (κ1) is 13.3. The number of aliphatic hydroxyl groups excluding tert-OH is 1. The van der Waals surface area contributed by atoms with E-state index in [2.05, 4.69) is 15.5 Å². The van der Waals surface area contributed by atoms with Crippen molar-refractivity contribution in [1.29, 1.82) is 0 Å². The quantitative estimate of drug-likeness (QED) is 0.849. The fourth-order valence-corrected chi connectivity index (χ4v) is 2.36. The van der Waals surface area contributed by atoms with Gasteiger partial charge in [-0.2, -0.15) is 0 Å². The van der Waals surface area contributed by atoms with Crippen LogP contribution in [0.3, 0.4) is 0 Å². The Morgan fingerprint density at radius 2 is 2.28 bits per heavy atom. The molecule has 2 rings (SSSR count). The van der Waals surface area contributed by atoms with E-state index >= 15 is 0 Å². The van der Waals surface area contributed by atoms with Crippen LogP contribution in [0.5, 0.6) is 0 Å². The molecule has 0 fully saturated rings. The largest absolute Gasteiger partial charge is 0.394 e. The third kappa shape index (κ3) is 3.18. The average Bonchev–Trinajstić information content (AvgIpc) is 2.76. The van der Waals surface area contributed by atoms with Crippen LogP contribution in [0, 0.1) is 5.82 Å². The highest BCUT2D eigenvalue weighted by atomic mass is 35.5. The Morgan fingerprint density at radius 1 is 1.44 bits per heavy atom. The lowest BCUT2D eigenvalue weighted by atomic mass is 10.2. The summed E-state index contributed by atoms with van der Waals surface area (Å²) in [5.41, 5.74) is 0.531. The minimum Gasteiger partial charge on any atom is -0.394 e. The highest BCUT2D eigenvalue weighted by Gasteiger charge is 2.09. The second-order valence-electron chi connectivity index (χ2n) is 3.43. The van der Waals surface area contributed by atoms with Crippen molar-refractivity contribution in [3.05, 3.63) is 34.6 Å². The molecule has 1 N–H and O–H groups in total. The number of rotatable bonds is 5. The Balaban J connectivity index is 2.04. The minimum absolute atomic E-state index is 0.0477. The van der Waals surface area contributed by atoms with Crippen LogP contribution in [-0.4, -0.2) is 31.9 Å². The summed E-state index contributed by atoms with van der Waals surface area (Å²) in [4.78, 5) is 0. The number of thioether (sulfide) groups is 1. The van der Waals surface area contributed by atoms with Crippen molar-refractivity contribution in [2.45, 2.75) is 17.5 Å². The molecule has 0 unspecified atom stereocenters. The monoisotopic (exact) mass is 288 g/mol. The first-order chi connectivity index (χ1) is 8.70. The van der Waals surface area contributed by atoms with Gasteiger partial charge in [0.25, 0.3) is 0 Å². The van der Waals surface area contributed by atoms with Gasteiger partial charge in [0, 0.05) is 10.8 Å². The fraction of sp³-hybridized carbons (Fsp3) is 0.300. The van der Waals surface area contributed by atoms with Crippen LogP contribution >= 0.6 is 23.4 Å². The van der Waals surface area contributed by atoms with E-state index in [-0.39, 0.29) is 12.4 Å². The van der Waals surface area contributed by atoms with Gasteiger partial charge in [-0.15, -0.1) is 5.10 Å². The number of nitrogens with zero attached hydrogens (tertiary/aromatic N) is 4. The Bertz CT molecular complexity index is 536. The molecule has 0 bridgehead atoms. The lowest BCUT2D eigenvalue weighted by molar-refractivity contribution is 0.262. The smallest absolute Gasteiger partial charge is 0.209 e. The van der Waals surface area contributed by atoms with Gasteiger partial charge in [-0.05, 0) is 28.1 Å². The molecular formula is C10H10ClFN4OS. The average molecular weight is 289 g/mol. The summed E-state index contributed by atoms with van der Waals surface area (Å²) in [5.74, 6) is 0.0469. The first-order valence-corrected chi connectivity index (χ1v) is 6.51. The number of hydrogen-bond acceptors (Lipinski definition) is 5. The number of halogens is 2. The molecule has 0 radical (unpaired) electrons. The van der Waals surface area contributed by atoms with Gasteiger partial charge in [0.05, 0.1) is 13.2 Å². The molecule has 18 heavy (non-hydrogen) atoms. The molecule has 2 aromatic rings. The van der Waals surface area contributed by atoms with Crippen molar-refractivity contribution in [3.8, 4) is 0 Å². The molecule has 0 amide bonds. The summed E-state index contributed by atoms with van der Waals surface area (Å²) in [7, 11) is 0. The molecule has 96 valence electrons. The van der Waals surface area contributed by atoms with E-state index in [0.29, 0.717) is 28.0 Å². The minimum atomic E-state index is -0.351. The molecule has 1 aromatic heterocycles. The zero-order valence-electron chi connectivity index (χ0n) is 9.25. The van der Waals surface area contributed by atoms with E-state index in [1.807, 2.05) is 0 Å². The maximum atomic E-state index is 13.5. The van der Waals surface area contributed by atoms with E-state index in [0.717, 1.165) is 0 Å². The summed E-state index contributed by atoms with van der Waals surface area (Å²) in [6.45, 7) is 0.270. The molecule has 1 aromatic carbocycles. The maximum Gasteiger partial charge on any atom is 0.209 e. The lowest BCUT2D eigenvalue weighted by Gasteiger charge is -2.04. The topological polar surface area (TPSA) is 63.8 Å². The van der Waals surface area contributed by atoms with Crippen LogP contribution in [-0.2, 0) is 12.3 Å². The van der Waals surface area contributed by atoms with Gasteiger partial charge in [0.2, 0.25) is 5.16 Å². The molecule has 0 aliphatic heterocycles. The van der Waals surface area contributed by atoms with Crippen molar-refractivity contribution < 1.29 is 9.50 Å². The molecule has 0 spiro atoms. The van der Waals surface area contributed by atoms with E-state index in [1.165, 1.54) is 22.5 Å². The van der Waals surface area contributed by atoms with Gasteiger partial charge < -0.3 is 5.11 Å². The van der Waals surface area contributed by atoms with Crippen LogP contribution < -0.4 is 0 Å². The summed E-state index contributed by atoms with van der Waals surface area (Å²) >= 11 is 6.97. The summed E-state index contributed by atoms with van der Waals surface area (Å²) in [6, 6.07) is 4.54. The third-order valence-electron chi connectivity index (χ3n) is 2.18. The highest BCUT2D eigenvalue weighted by Crippen LogP contribution is 2.23. The van der Waals surface area contributed by atoms with Crippen LogP contribution in [0.4, 0.5) is 4.39 Å². The standard InChI is InChI=1S/C10H10ClFN4OS/c11-8-2-1-7(9(12)5-8)6-18-10-13-14-15-16(10)3-4-17/h1-2,5,17H,3-4,6H2.